The Morgan fingerprint density at radius 1 is 1.22 bits per heavy atom. The maximum Gasteiger partial charge on any atom is 0.137 e. The number of methoxy groups -OCH3 is 2. The number of hydrogen-bond acceptors (Lipinski definition) is 3. The van der Waals surface area contributed by atoms with Gasteiger partial charge in [0.25, 0.3) is 0 Å². The highest BCUT2D eigenvalue weighted by Gasteiger charge is 2.13. The second-order valence-electron chi connectivity index (χ2n) is 3.99. The fourth-order valence-electron chi connectivity index (χ4n) is 1.69. The van der Waals surface area contributed by atoms with Crippen molar-refractivity contribution in [1.82, 2.24) is 0 Å². The molecule has 0 saturated carbocycles. The minimum Gasteiger partial charge on any atom is -0.495 e. The van der Waals surface area contributed by atoms with E-state index in [9.17, 15) is 0 Å². The summed E-state index contributed by atoms with van der Waals surface area (Å²) in [5.41, 5.74) is 7.20. The summed E-state index contributed by atoms with van der Waals surface area (Å²) in [5.74, 6) is 1.51. The Labute approximate surface area is 124 Å². The first-order valence-corrected chi connectivity index (χ1v) is 6.60. The van der Waals surface area contributed by atoms with Crippen LogP contribution in [0.1, 0.15) is 37.8 Å². The van der Waals surface area contributed by atoms with E-state index in [-0.39, 0.29) is 18.4 Å². The second kappa shape index (κ2) is 8.62. The van der Waals surface area contributed by atoms with Crippen molar-refractivity contribution >= 4 is 28.3 Å². The number of benzene rings is 1. The third-order valence-electron chi connectivity index (χ3n) is 2.76. The third-order valence-corrected chi connectivity index (χ3v) is 3.55. The minimum absolute atomic E-state index is 0. The van der Waals surface area contributed by atoms with Gasteiger partial charge in [-0.25, -0.2) is 0 Å². The van der Waals surface area contributed by atoms with Crippen LogP contribution in [0.2, 0.25) is 0 Å². The minimum atomic E-state index is 0. The van der Waals surface area contributed by atoms with Crippen LogP contribution in [0, 0.1) is 0 Å². The molecule has 0 fully saturated rings. The first-order valence-electron chi connectivity index (χ1n) is 5.81. The van der Waals surface area contributed by atoms with Crippen molar-refractivity contribution in [1.29, 1.82) is 0 Å². The average molecular weight is 339 g/mol. The molecular weight excluding hydrogens is 318 g/mol. The van der Waals surface area contributed by atoms with Gasteiger partial charge in [-0.05, 0) is 40.0 Å². The highest BCUT2D eigenvalue weighted by Crippen LogP contribution is 2.37. The predicted octanol–water partition coefficient (Wildman–Crippen LogP) is 4.08. The highest BCUT2D eigenvalue weighted by atomic mass is 79.9. The second-order valence-corrected chi connectivity index (χ2v) is 4.78. The fourth-order valence-corrected chi connectivity index (χ4v) is 2.25. The molecule has 0 bridgehead atoms. The zero-order chi connectivity index (χ0) is 12.8. The van der Waals surface area contributed by atoms with Gasteiger partial charge >= 0.3 is 0 Å². The topological polar surface area (TPSA) is 44.5 Å². The molecule has 5 heteroatoms. The largest absolute Gasteiger partial charge is 0.495 e. The van der Waals surface area contributed by atoms with Crippen molar-refractivity contribution < 1.29 is 9.47 Å². The molecule has 0 radical (unpaired) electrons. The number of nitrogens with two attached hydrogens (primary N) is 1. The molecule has 3 nitrogen and oxygen atoms in total. The smallest absolute Gasteiger partial charge is 0.137 e. The van der Waals surface area contributed by atoms with Crippen molar-refractivity contribution in [3.05, 3.63) is 22.2 Å². The predicted molar refractivity (Wildman–Crippen MR) is 80.9 cm³/mol. The molecule has 0 aromatic heterocycles. The Bertz CT molecular complexity index is 349. The van der Waals surface area contributed by atoms with Gasteiger partial charge in [-0.1, -0.05) is 19.8 Å². The van der Waals surface area contributed by atoms with Crippen molar-refractivity contribution in [2.75, 3.05) is 14.2 Å². The fraction of sp³-hybridized carbons (Fsp3) is 0.538. The summed E-state index contributed by atoms with van der Waals surface area (Å²) in [7, 11) is 3.28. The standard InChI is InChI=1S/C13H20BrNO2.ClH/c1-4-5-6-10(15)9-7-11(16-2)13(14)12(8-9)17-3;/h7-8,10H,4-6,15H2,1-3H3;1H/t10-;/m0./s1. The molecule has 1 rings (SSSR count). The van der Waals surface area contributed by atoms with Crippen molar-refractivity contribution in [3.63, 3.8) is 0 Å². The average Bonchev–Trinajstić information content (AvgIpc) is 2.36. The molecule has 1 aromatic rings. The van der Waals surface area contributed by atoms with Crippen LogP contribution in [0.5, 0.6) is 11.5 Å². The van der Waals surface area contributed by atoms with Gasteiger partial charge in [-0.2, -0.15) is 0 Å². The molecule has 104 valence electrons. The number of hydrogen-bond donors (Lipinski definition) is 1. The van der Waals surface area contributed by atoms with Gasteiger partial charge in [0, 0.05) is 6.04 Å². The van der Waals surface area contributed by atoms with E-state index in [1.54, 1.807) is 14.2 Å². The van der Waals surface area contributed by atoms with Crippen LogP contribution in [0.15, 0.2) is 16.6 Å². The van der Waals surface area contributed by atoms with Crippen LogP contribution < -0.4 is 15.2 Å². The van der Waals surface area contributed by atoms with Crippen LogP contribution in [0.4, 0.5) is 0 Å². The van der Waals surface area contributed by atoms with E-state index in [0.717, 1.165) is 40.8 Å². The lowest BCUT2D eigenvalue weighted by molar-refractivity contribution is 0.387. The molecule has 0 aliphatic carbocycles. The van der Waals surface area contributed by atoms with Crippen LogP contribution in [0.25, 0.3) is 0 Å². The summed E-state index contributed by atoms with van der Waals surface area (Å²) in [4.78, 5) is 0. The Hall–Kier alpha value is -0.450. The Balaban J connectivity index is 0.00000289. The van der Waals surface area contributed by atoms with Gasteiger partial charge in [0.15, 0.2) is 0 Å². The number of rotatable bonds is 6. The third kappa shape index (κ3) is 4.34. The van der Waals surface area contributed by atoms with Gasteiger partial charge in [-0.3, -0.25) is 0 Å². The number of unbranched alkanes of at least 4 members (excludes halogenated alkanes) is 1. The Kier molecular flexibility index (Phi) is 8.40. The summed E-state index contributed by atoms with van der Waals surface area (Å²) in [5, 5.41) is 0. The monoisotopic (exact) mass is 337 g/mol. The van der Waals surface area contributed by atoms with Gasteiger partial charge < -0.3 is 15.2 Å². The van der Waals surface area contributed by atoms with E-state index in [4.69, 9.17) is 15.2 Å². The lowest BCUT2D eigenvalue weighted by Crippen LogP contribution is -2.10. The first kappa shape index (κ1) is 17.6. The van der Waals surface area contributed by atoms with Gasteiger partial charge in [0.1, 0.15) is 16.0 Å². The summed E-state index contributed by atoms with van der Waals surface area (Å²) >= 11 is 3.45. The van der Waals surface area contributed by atoms with Gasteiger partial charge in [0.05, 0.1) is 14.2 Å². The van der Waals surface area contributed by atoms with Crippen LogP contribution in [0.3, 0.4) is 0 Å². The van der Waals surface area contributed by atoms with E-state index in [0.29, 0.717) is 0 Å². The molecular formula is C13H21BrClNO2. The molecule has 18 heavy (non-hydrogen) atoms. The van der Waals surface area contributed by atoms with Gasteiger partial charge in [-0.15, -0.1) is 12.4 Å². The highest BCUT2D eigenvalue weighted by molar-refractivity contribution is 9.10. The van der Waals surface area contributed by atoms with Crippen molar-refractivity contribution in [2.45, 2.75) is 32.2 Å². The van der Waals surface area contributed by atoms with E-state index in [1.165, 1.54) is 0 Å². The molecule has 2 N–H and O–H groups in total. The van der Waals surface area contributed by atoms with E-state index < -0.39 is 0 Å². The Morgan fingerprint density at radius 3 is 2.11 bits per heavy atom. The number of ether oxygens (including phenoxy) is 2. The molecule has 0 heterocycles. The summed E-state index contributed by atoms with van der Waals surface area (Å²) in [6.07, 6.45) is 3.25. The lowest BCUT2D eigenvalue weighted by Gasteiger charge is -2.16. The van der Waals surface area contributed by atoms with Crippen molar-refractivity contribution in [2.24, 2.45) is 5.73 Å². The molecule has 0 spiro atoms. The molecule has 0 unspecified atom stereocenters. The van der Waals surface area contributed by atoms with Crippen LogP contribution in [-0.4, -0.2) is 14.2 Å². The Morgan fingerprint density at radius 2 is 1.72 bits per heavy atom. The zero-order valence-electron chi connectivity index (χ0n) is 11.0. The zero-order valence-corrected chi connectivity index (χ0v) is 13.4. The number of halogens is 2. The maximum atomic E-state index is 6.15. The van der Waals surface area contributed by atoms with E-state index in [1.807, 2.05) is 12.1 Å². The first-order chi connectivity index (χ1) is 8.13. The lowest BCUT2D eigenvalue weighted by atomic mass is 10.0. The van der Waals surface area contributed by atoms with E-state index >= 15 is 0 Å². The summed E-state index contributed by atoms with van der Waals surface area (Å²) in [6.45, 7) is 2.16. The molecule has 1 atom stereocenters. The molecule has 0 amide bonds. The quantitative estimate of drug-likeness (QED) is 0.850. The van der Waals surface area contributed by atoms with Gasteiger partial charge in [0.2, 0.25) is 0 Å². The SMILES string of the molecule is CCCC[C@H](N)c1cc(OC)c(Br)c(OC)c1.Cl. The van der Waals surface area contributed by atoms with E-state index in [2.05, 4.69) is 22.9 Å². The van der Waals surface area contributed by atoms with Crippen LogP contribution in [-0.2, 0) is 0 Å². The normalized spacial score (nSPS) is 11.6. The molecule has 0 saturated heterocycles. The molecule has 0 aliphatic rings. The maximum absolute atomic E-state index is 6.15. The molecule has 1 aromatic carbocycles. The van der Waals surface area contributed by atoms with Crippen LogP contribution >= 0.6 is 28.3 Å². The summed E-state index contributed by atoms with van der Waals surface area (Å²) in [6, 6.07) is 3.96. The summed E-state index contributed by atoms with van der Waals surface area (Å²) < 4.78 is 11.4. The molecule has 0 aliphatic heterocycles. The van der Waals surface area contributed by atoms with Crippen molar-refractivity contribution in [3.8, 4) is 11.5 Å².